The van der Waals surface area contributed by atoms with E-state index in [4.69, 9.17) is 5.10 Å². The first-order valence-corrected chi connectivity index (χ1v) is 9.38. The van der Waals surface area contributed by atoms with Crippen molar-refractivity contribution in [2.45, 2.75) is 38.8 Å². The first-order chi connectivity index (χ1) is 12.6. The summed E-state index contributed by atoms with van der Waals surface area (Å²) in [5.74, 6) is -0.252. The van der Waals surface area contributed by atoms with Crippen LogP contribution in [-0.4, -0.2) is 45.1 Å². The Bertz CT molecular complexity index is 810. The van der Waals surface area contributed by atoms with Crippen molar-refractivity contribution in [3.8, 4) is 0 Å². The van der Waals surface area contributed by atoms with Gasteiger partial charge in [0.15, 0.2) is 0 Å². The summed E-state index contributed by atoms with van der Waals surface area (Å²) < 4.78 is 15.3. The summed E-state index contributed by atoms with van der Waals surface area (Å²) in [7, 11) is 1.97. The van der Waals surface area contributed by atoms with Gasteiger partial charge in [-0.05, 0) is 50.0 Å². The van der Waals surface area contributed by atoms with Crippen LogP contribution in [0, 0.1) is 5.82 Å². The Morgan fingerprint density at radius 2 is 2.04 bits per heavy atom. The Balaban J connectivity index is 1.45. The Labute approximate surface area is 153 Å². The predicted octanol–water partition coefficient (Wildman–Crippen LogP) is 2.28. The van der Waals surface area contributed by atoms with Gasteiger partial charge in [-0.25, -0.2) is 4.39 Å². The molecule has 0 unspecified atom stereocenters. The predicted molar refractivity (Wildman–Crippen MR) is 96.9 cm³/mol. The fraction of sp³-hybridized carbons (Fsp3) is 0.500. The lowest BCUT2D eigenvalue weighted by Crippen LogP contribution is -2.37. The molecule has 2 aliphatic rings. The quantitative estimate of drug-likeness (QED) is 0.844. The van der Waals surface area contributed by atoms with Crippen LogP contribution in [-0.2, 0) is 37.8 Å². The summed E-state index contributed by atoms with van der Waals surface area (Å²) in [6, 6.07) is 6.29. The normalized spacial score (nSPS) is 17.5. The van der Waals surface area contributed by atoms with Gasteiger partial charge in [0.05, 0.1) is 24.4 Å². The van der Waals surface area contributed by atoms with E-state index in [9.17, 15) is 9.18 Å². The lowest BCUT2D eigenvalue weighted by atomic mass is 10.0. The number of carbonyl (C=O) groups is 1. The van der Waals surface area contributed by atoms with Crippen LogP contribution in [0.4, 0.5) is 4.39 Å². The molecule has 0 N–H and O–H groups in total. The molecule has 1 amide bonds. The van der Waals surface area contributed by atoms with Crippen LogP contribution in [0.25, 0.3) is 0 Å². The maximum Gasteiger partial charge on any atom is 0.227 e. The van der Waals surface area contributed by atoms with Crippen molar-refractivity contribution in [3.63, 3.8) is 0 Å². The molecule has 0 saturated carbocycles. The average molecular weight is 356 g/mol. The zero-order valence-electron chi connectivity index (χ0n) is 15.2. The lowest BCUT2D eigenvalue weighted by Gasteiger charge is -2.28. The smallest absolute Gasteiger partial charge is 0.227 e. The van der Waals surface area contributed by atoms with E-state index in [0.717, 1.165) is 37.3 Å². The molecule has 1 aromatic heterocycles. The minimum Gasteiger partial charge on any atom is -0.336 e. The van der Waals surface area contributed by atoms with E-state index in [-0.39, 0.29) is 18.1 Å². The SMILES string of the molecule is Cn1nc(CN2CCCC2)c2c1CN(C(=O)Cc1cccc(F)c1)CC2. The van der Waals surface area contributed by atoms with Crippen LogP contribution in [0.3, 0.4) is 0 Å². The number of aryl methyl sites for hydroxylation is 1. The Kier molecular flexibility index (Phi) is 4.76. The van der Waals surface area contributed by atoms with Gasteiger partial charge < -0.3 is 4.90 Å². The molecule has 0 radical (unpaired) electrons. The second-order valence-electron chi connectivity index (χ2n) is 7.35. The number of halogens is 1. The van der Waals surface area contributed by atoms with Gasteiger partial charge in [-0.15, -0.1) is 0 Å². The van der Waals surface area contributed by atoms with Gasteiger partial charge in [0.2, 0.25) is 5.91 Å². The van der Waals surface area contributed by atoms with Crippen LogP contribution in [0.1, 0.15) is 35.4 Å². The minimum atomic E-state index is -0.297. The zero-order chi connectivity index (χ0) is 18.1. The van der Waals surface area contributed by atoms with Gasteiger partial charge in [-0.2, -0.15) is 5.10 Å². The number of likely N-dealkylation sites (tertiary alicyclic amines) is 1. The van der Waals surface area contributed by atoms with Gasteiger partial charge in [0, 0.05) is 25.7 Å². The highest BCUT2D eigenvalue weighted by molar-refractivity contribution is 5.79. The molecule has 2 aliphatic heterocycles. The summed E-state index contributed by atoms with van der Waals surface area (Å²) in [6.07, 6.45) is 3.64. The zero-order valence-corrected chi connectivity index (χ0v) is 15.2. The Morgan fingerprint density at radius 1 is 1.23 bits per heavy atom. The van der Waals surface area contributed by atoms with E-state index in [0.29, 0.717) is 13.1 Å². The van der Waals surface area contributed by atoms with E-state index in [1.54, 1.807) is 12.1 Å². The molecule has 4 rings (SSSR count). The molecule has 0 spiro atoms. The van der Waals surface area contributed by atoms with Gasteiger partial charge >= 0.3 is 0 Å². The van der Waals surface area contributed by atoms with Crippen LogP contribution in [0.5, 0.6) is 0 Å². The van der Waals surface area contributed by atoms with Gasteiger partial charge in [-0.1, -0.05) is 12.1 Å². The van der Waals surface area contributed by atoms with E-state index in [2.05, 4.69) is 4.90 Å². The number of hydrogen-bond acceptors (Lipinski definition) is 3. The molecular weight excluding hydrogens is 331 g/mol. The molecule has 0 bridgehead atoms. The van der Waals surface area contributed by atoms with Crippen molar-refractivity contribution >= 4 is 5.91 Å². The van der Waals surface area contributed by atoms with Crippen molar-refractivity contribution in [2.75, 3.05) is 19.6 Å². The summed E-state index contributed by atoms with van der Waals surface area (Å²) in [5, 5.41) is 4.73. The lowest BCUT2D eigenvalue weighted by molar-refractivity contribution is -0.131. The highest BCUT2D eigenvalue weighted by atomic mass is 19.1. The molecular formula is C20H25FN4O. The van der Waals surface area contributed by atoms with Crippen LogP contribution < -0.4 is 0 Å². The van der Waals surface area contributed by atoms with Gasteiger partial charge in [0.1, 0.15) is 5.82 Å². The third-order valence-corrected chi connectivity index (χ3v) is 5.50. The maximum atomic E-state index is 13.3. The van der Waals surface area contributed by atoms with Gasteiger partial charge in [-0.3, -0.25) is 14.4 Å². The fourth-order valence-electron chi connectivity index (χ4n) is 4.08. The first-order valence-electron chi connectivity index (χ1n) is 9.38. The summed E-state index contributed by atoms with van der Waals surface area (Å²) >= 11 is 0. The molecule has 1 saturated heterocycles. The number of hydrogen-bond donors (Lipinski definition) is 0. The molecule has 138 valence electrons. The summed E-state index contributed by atoms with van der Waals surface area (Å²) in [5.41, 5.74) is 4.34. The van der Waals surface area contributed by atoms with Crippen molar-refractivity contribution in [3.05, 3.63) is 52.6 Å². The number of benzene rings is 1. The number of aromatic nitrogens is 2. The molecule has 0 aliphatic carbocycles. The number of nitrogens with zero attached hydrogens (tertiary/aromatic N) is 4. The van der Waals surface area contributed by atoms with Crippen LogP contribution >= 0.6 is 0 Å². The number of rotatable bonds is 4. The van der Waals surface area contributed by atoms with Crippen molar-refractivity contribution in [1.82, 2.24) is 19.6 Å². The number of fused-ring (bicyclic) bond motifs is 1. The molecule has 2 aromatic rings. The monoisotopic (exact) mass is 356 g/mol. The van der Waals surface area contributed by atoms with Crippen molar-refractivity contribution in [1.29, 1.82) is 0 Å². The fourth-order valence-corrected chi connectivity index (χ4v) is 4.08. The second-order valence-corrected chi connectivity index (χ2v) is 7.35. The van der Waals surface area contributed by atoms with Crippen LogP contribution in [0.15, 0.2) is 24.3 Å². The third-order valence-electron chi connectivity index (χ3n) is 5.50. The van der Waals surface area contributed by atoms with E-state index < -0.39 is 0 Å². The molecule has 1 fully saturated rings. The molecule has 1 aromatic carbocycles. The maximum absolute atomic E-state index is 13.3. The third kappa shape index (κ3) is 3.51. The highest BCUT2D eigenvalue weighted by Gasteiger charge is 2.27. The molecule has 0 atom stereocenters. The largest absolute Gasteiger partial charge is 0.336 e. The summed E-state index contributed by atoms with van der Waals surface area (Å²) in [6.45, 7) is 4.53. The van der Waals surface area contributed by atoms with Crippen LogP contribution in [0.2, 0.25) is 0 Å². The van der Waals surface area contributed by atoms with E-state index in [1.165, 1.54) is 36.2 Å². The average Bonchev–Trinajstić information content (AvgIpc) is 3.24. The van der Waals surface area contributed by atoms with E-state index >= 15 is 0 Å². The highest BCUT2D eigenvalue weighted by Crippen LogP contribution is 2.24. The Hall–Kier alpha value is -2.21. The Morgan fingerprint density at radius 3 is 2.81 bits per heavy atom. The molecule has 6 heteroatoms. The standard InChI is InChI=1S/C20H25FN4O/c1-23-19-14-25(20(26)12-15-5-4-6-16(21)11-15)10-7-17(19)18(22-23)13-24-8-2-3-9-24/h4-6,11H,2-3,7-10,12-14H2,1H3. The van der Waals surface area contributed by atoms with Gasteiger partial charge in [0.25, 0.3) is 0 Å². The van der Waals surface area contributed by atoms with E-state index in [1.807, 2.05) is 16.6 Å². The second kappa shape index (κ2) is 7.19. The number of carbonyl (C=O) groups excluding carboxylic acids is 1. The molecule has 5 nitrogen and oxygen atoms in total. The van der Waals surface area contributed by atoms with Crippen molar-refractivity contribution in [2.24, 2.45) is 7.05 Å². The first kappa shape index (κ1) is 17.2. The topological polar surface area (TPSA) is 41.4 Å². The molecule has 3 heterocycles. The summed E-state index contributed by atoms with van der Waals surface area (Å²) in [4.78, 5) is 17.0. The number of amides is 1. The molecule has 26 heavy (non-hydrogen) atoms. The minimum absolute atomic E-state index is 0.0449. The van der Waals surface area contributed by atoms with Crippen molar-refractivity contribution < 1.29 is 9.18 Å².